The van der Waals surface area contributed by atoms with Crippen molar-refractivity contribution in [2.75, 3.05) is 13.1 Å². The molecule has 94 valence electrons. The van der Waals surface area contributed by atoms with Gasteiger partial charge in [-0.1, -0.05) is 26.1 Å². The SMILES string of the molecule is CC(C)CN(CCC(N)=S)C(=O)OC(C)C. The second-order valence-electron chi connectivity index (χ2n) is 4.49. The Morgan fingerprint density at radius 2 is 1.94 bits per heavy atom. The molecule has 0 rings (SSSR count). The monoisotopic (exact) mass is 246 g/mol. The molecule has 0 aromatic rings. The molecule has 0 atom stereocenters. The summed E-state index contributed by atoms with van der Waals surface area (Å²) in [4.78, 5) is 13.8. The van der Waals surface area contributed by atoms with Crippen LogP contribution in [0.25, 0.3) is 0 Å². The second-order valence-corrected chi connectivity index (χ2v) is 5.01. The highest BCUT2D eigenvalue weighted by atomic mass is 32.1. The summed E-state index contributed by atoms with van der Waals surface area (Å²) in [6.45, 7) is 8.96. The number of hydrogen-bond acceptors (Lipinski definition) is 3. The molecule has 0 spiro atoms. The second kappa shape index (κ2) is 7.44. The lowest BCUT2D eigenvalue weighted by molar-refractivity contribution is 0.0741. The van der Waals surface area contributed by atoms with Crippen molar-refractivity contribution in [1.29, 1.82) is 0 Å². The quantitative estimate of drug-likeness (QED) is 0.730. The number of rotatable bonds is 6. The first-order valence-electron chi connectivity index (χ1n) is 5.56. The van der Waals surface area contributed by atoms with E-state index in [-0.39, 0.29) is 12.2 Å². The fourth-order valence-corrected chi connectivity index (χ4v) is 1.31. The summed E-state index contributed by atoms with van der Waals surface area (Å²) < 4.78 is 5.15. The van der Waals surface area contributed by atoms with Gasteiger partial charge in [0.2, 0.25) is 0 Å². The molecule has 0 saturated carbocycles. The molecule has 0 aliphatic carbocycles. The van der Waals surface area contributed by atoms with Crippen molar-refractivity contribution >= 4 is 23.3 Å². The van der Waals surface area contributed by atoms with E-state index < -0.39 is 0 Å². The molecular weight excluding hydrogens is 224 g/mol. The van der Waals surface area contributed by atoms with Crippen LogP contribution in [-0.4, -0.2) is 35.2 Å². The molecule has 0 aromatic carbocycles. The zero-order valence-corrected chi connectivity index (χ0v) is 11.3. The molecule has 0 radical (unpaired) electrons. The fourth-order valence-electron chi connectivity index (χ4n) is 1.22. The Hall–Kier alpha value is -0.840. The Morgan fingerprint density at radius 1 is 1.38 bits per heavy atom. The van der Waals surface area contributed by atoms with Crippen LogP contribution in [0, 0.1) is 5.92 Å². The molecule has 0 heterocycles. The van der Waals surface area contributed by atoms with Crippen molar-refractivity contribution in [3.05, 3.63) is 0 Å². The van der Waals surface area contributed by atoms with Crippen LogP contribution >= 0.6 is 12.2 Å². The number of carbonyl (C=O) groups excluding carboxylic acids is 1. The van der Waals surface area contributed by atoms with Crippen LogP contribution in [0.4, 0.5) is 4.79 Å². The minimum atomic E-state index is -0.292. The van der Waals surface area contributed by atoms with E-state index in [0.29, 0.717) is 30.4 Å². The Labute approximate surface area is 103 Å². The molecule has 16 heavy (non-hydrogen) atoms. The molecule has 5 heteroatoms. The highest BCUT2D eigenvalue weighted by molar-refractivity contribution is 7.80. The molecule has 0 saturated heterocycles. The van der Waals surface area contributed by atoms with Gasteiger partial charge in [0.1, 0.15) is 0 Å². The van der Waals surface area contributed by atoms with Crippen LogP contribution in [0.15, 0.2) is 0 Å². The third-order valence-electron chi connectivity index (χ3n) is 1.81. The van der Waals surface area contributed by atoms with Gasteiger partial charge < -0.3 is 15.4 Å². The van der Waals surface area contributed by atoms with Gasteiger partial charge in [-0.3, -0.25) is 0 Å². The minimum absolute atomic E-state index is 0.105. The molecule has 0 aliphatic heterocycles. The summed E-state index contributed by atoms with van der Waals surface area (Å²) in [6.07, 6.45) is 0.141. The number of thiocarbonyl (C=S) groups is 1. The summed E-state index contributed by atoms with van der Waals surface area (Å²) >= 11 is 4.80. The van der Waals surface area contributed by atoms with Crippen molar-refractivity contribution in [3.63, 3.8) is 0 Å². The van der Waals surface area contributed by atoms with E-state index >= 15 is 0 Å². The first-order valence-corrected chi connectivity index (χ1v) is 5.97. The molecule has 2 N–H and O–H groups in total. The van der Waals surface area contributed by atoms with Crippen LogP contribution in [0.3, 0.4) is 0 Å². The van der Waals surface area contributed by atoms with Crippen molar-refractivity contribution in [3.8, 4) is 0 Å². The van der Waals surface area contributed by atoms with E-state index in [1.165, 1.54) is 0 Å². The van der Waals surface area contributed by atoms with Crippen molar-refractivity contribution in [2.45, 2.75) is 40.2 Å². The maximum atomic E-state index is 11.7. The van der Waals surface area contributed by atoms with Gasteiger partial charge in [-0.25, -0.2) is 4.79 Å². The van der Waals surface area contributed by atoms with Gasteiger partial charge in [0.05, 0.1) is 11.1 Å². The third kappa shape index (κ3) is 7.45. The average Bonchev–Trinajstić information content (AvgIpc) is 2.09. The summed E-state index contributed by atoms with van der Waals surface area (Å²) in [5.41, 5.74) is 5.43. The van der Waals surface area contributed by atoms with Crippen LogP contribution in [0.1, 0.15) is 34.1 Å². The normalized spacial score (nSPS) is 10.6. The van der Waals surface area contributed by atoms with Crippen molar-refractivity contribution in [2.24, 2.45) is 11.7 Å². The molecule has 1 amide bonds. The largest absolute Gasteiger partial charge is 0.447 e. The third-order valence-corrected chi connectivity index (χ3v) is 2.01. The van der Waals surface area contributed by atoms with E-state index in [2.05, 4.69) is 13.8 Å². The summed E-state index contributed by atoms with van der Waals surface area (Å²) in [5.74, 6) is 0.394. The van der Waals surface area contributed by atoms with Crippen LogP contribution in [0.2, 0.25) is 0 Å². The molecule has 0 aromatic heterocycles. The van der Waals surface area contributed by atoms with E-state index in [1.54, 1.807) is 4.90 Å². The molecule has 4 nitrogen and oxygen atoms in total. The highest BCUT2D eigenvalue weighted by Crippen LogP contribution is 2.04. The molecule has 0 unspecified atom stereocenters. The minimum Gasteiger partial charge on any atom is -0.447 e. The lowest BCUT2D eigenvalue weighted by atomic mass is 10.2. The zero-order chi connectivity index (χ0) is 12.7. The van der Waals surface area contributed by atoms with Crippen LogP contribution in [-0.2, 0) is 4.74 Å². The number of hydrogen-bond donors (Lipinski definition) is 1. The Kier molecular flexibility index (Phi) is 7.05. The Balaban J connectivity index is 4.28. The van der Waals surface area contributed by atoms with Gasteiger partial charge in [0.15, 0.2) is 0 Å². The number of nitrogens with zero attached hydrogens (tertiary/aromatic N) is 1. The van der Waals surface area contributed by atoms with Crippen LogP contribution < -0.4 is 5.73 Å². The van der Waals surface area contributed by atoms with Gasteiger partial charge in [0, 0.05) is 19.5 Å². The highest BCUT2D eigenvalue weighted by Gasteiger charge is 2.17. The maximum Gasteiger partial charge on any atom is 0.410 e. The number of amides is 1. The Morgan fingerprint density at radius 3 is 2.31 bits per heavy atom. The predicted molar refractivity (Wildman–Crippen MR) is 69.4 cm³/mol. The summed E-state index contributed by atoms with van der Waals surface area (Å²) in [5, 5.41) is 0. The van der Waals surface area contributed by atoms with E-state index in [4.69, 9.17) is 22.7 Å². The topological polar surface area (TPSA) is 55.6 Å². The van der Waals surface area contributed by atoms with Gasteiger partial charge in [-0.15, -0.1) is 0 Å². The van der Waals surface area contributed by atoms with Gasteiger partial charge >= 0.3 is 6.09 Å². The van der Waals surface area contributed by atoms with Gasteiger partial charge in [-0.2, -0.15) is 0 Å². The van der Waals surface area contributed by atoms with E-state index in [9.17, 15) is 4.79 Å². The maximum absolute atomic E-state index is 11.7. The molecular formula is C11H22N2O2S. The summed E-state index contributed by atoms with van der Waals surface area (Å²) in [6, 6.07) is 0. The molecule has 0 fully saturated rings. The van der Waals surface area contributed by atoms with Crippen LogP contribution in [0.5, 0.6) is 0 Å². The first kappa shape index (κ1) is 15.2. The van der Waals surface area contributed by atoms with Gasteiger partial charge in [-0.05, 0) is 19.8 Å². The lowest BCUT2D eigenvalue weighted by Crippen LogP contribution is -2.37. The lowest BCUT2D eigenvalue weighted by Gasteiger charge is -2.24. The van der Waals surface area contributed by atoms with E-state index in [0.717, 1.165) is 0 Å². The molecule has 0 bridgehead atoms. The predicted octanol–water partition coefficient (Wildman–Crippen LogP) is 2.17. The smallest absolute Gasteiger partial charge is 0.410 e. The van der Waals surface area contributed by atoms with Crippen molar-refractivity contribution in [1.82, 2.24) is 4.90 Å². The van der Waals surface area contributed by atoms with Crippen molar-refractivity contribution < 1.29 is 9.53 Å². The first-order chi connectivity index (χ1) is 7.32. The summed E-state index contributed by atoms with van der Waals surface area (Å²) in [7, 11) is 0. The molecule has 0 aliphatic rings. The average molecular weight is 246 g/mol. The number of carbonyl (C=O) groups is 1. The van der Waals surface area contributed by atoms with E-state index in [1.807, 2.05) is 13.8 Å². The number of ether oxygens (including phenoxy) is 1. The van der Waals surface area contributed by atoms with Gasteiger partial charge in [0.25, 0.3) is 0 Å². The zero-order valence-electron chi connectivity index (χ0n) is 10.5. The Bertz CT molecular complexity index is 242. The number of nitrogens with two attached hydrogens (primary N) is 1. The standard InChI is InChI=1S/C11H22N2O2S/c1-8(2)7-13(6-5-10(12)16)11(14)15-9(3)4/h8-9H,5-7H2,1-4H3,(H2,12,16). The fraction of sp³-hybridized carbons (Fsp3) is 0.818.